The van der Waals surface area contributed by atoms with Gasteiger partial charge in [-0.05, 0) is 36.5 Å². The molecule has 0 aromatic heterocycles. The Morgan fingerprint density at radius 2 is 1.78 bits per heavy atom. The molecule has 0 heterocycles. The number of hydrogen-bond donors (Lipinski definition) is 3. The van der Waals surface area contributed by atoms with Gasteiger partial charge in [-0.1, -0.05) is 46.2 Å². The van der Waals surface area contributed by atoms with Crippen LogP contribution in [0, 0.1) is 11.8 Å². The molecule has 7 heteroatoms. The highest BCUT2D eigenvalue weighted by Gasteiger charge is 2.24. The molecular formula is C20H30ClN3O3. The number of nitrogens with one attached hydrogen (secondary N) is 3. The average molecular weight is 396 g/mol. The highest BCUT2D eigenvalue weighted by molar-refractivity contribution is 6.34. The maximum absolute atomic E-state index is 12.6. The van der Waals surface area contributed by atoms with Crippen molar-refractivity contribution in [2.45, 2.75) is 53.5 Å². The predicted octanol–water partition coefficient (Wildman–Crippen LogP) is 3.61. The van der Waals surface area contributed by atoms with Crippen LogP contribution in [-0.2, 0) is 9.59 Å². The summed E-state index contributed by atoms with van der Waals surface area (Å²) in [6, 6.07) is 4.08. The molecule has 0 aliphatic rings. The summed E-state index contributed by atoms with van der Waals surface area (Å²) in [6.07, 6.45) is 1.19. The normalized spacial score (nSPS) is 12.0. The summed E-state index contributed by atoms with van der Waals surface area (Å²) in [4.78, 5) is 36.7. The van der Waals surface area contributed by atoms with Crippen molar-refractivity contribution in [3.63, 3.8) is 0 Å². The van der Waals surface area contributed by atoms with Gasteiger partial charge in [0.2, 0.25) is 11.8 Å². The molecule has 0 saturated carbocycles. The van der Waals surface area contributed by atoms with E-state index in [4.69, 9.17) is 11.6 Å². The van der Waals surface area contributed by atoms with Crippen LogP contribution in [0.1, 0.15) is 57.8 Å². The number of rotatable bonds is 9. The van der Waals surface area contributed by atoms with Crippen molar-refractivity contribution < 1.29 is 14.4 Å². The highest BCUT2D eigenvalue weighted by Crippen LogP contribution is 2.21. The van der Waals surface area contributed by atoms with E-state index >= 15 is 0 Å². The van der Waals surface area contributed by atoms with Gasteiger partial charge in [-0.3, -0.25) is 14.4 Å². The second-order valence-corrected chi connectivity index (χ2v) is 7.73. The summed E-state index contributed by atoms with van der Waals surface area (Å²) in [6.45, 7) is 10.2. The minimum Gasteiger partial charge on any atom is -0.352 e. The van der Waals surface area contributed by atoms with Gasteiger partial charge in [0, 0.05) is 18.7 Å². The van der Waals surface area contributed by atoms with Gasteiger partial charge in [-0.15, -0.1) is 0 Å². The number of hydrogen-bond acceptors (Lipinski definition) is 3. The van der Waals surface area contributed by atoms with E-state index in [-0.39, 0.29) is 34.6 Å². The van der Waals surface area contributed by atoms with E-state index in [0.717, 1.165) is 6.42 Å². The molecule has 0 spiro atoms. The molecule has 1 atom stereocenters. The van der Waals surface area contributed by atoms with Crippen LogP contribution in [0.4, 0.5) is 5.69 Å². The number of halogens is 1. The standard InChI is InChI=1S/C20H30ClN3O3/c1-6-9-22-19(26)15-8-7-14(11-16(15)21)23-20(27)18(13(4)5)24-17(25)10-12(2)3/h7-8,11-13,18H,6,9-10H2,1-5H3,(H,22,26)(H,23,27)(H,24,25). The van der Waals surface area contributed by atoms with Crippen molar-refractivity contribution in [1.82, 2.24) is 10.6 Å². The van der Waals surface area contributed by atoms with Gasteiger partial charge in [0.25, 0.3) is 5.91 Å². The first-order valence-electron chi connectivity index (χ1n) is 9.33. The monoisotopic (exact) mass is 395 g/mol. The minimum atomic E-state index is -0.650. The lowest BCUT2D eigenvalue weighted by Gasteiger charge is -2.22. The van der Waals surface area contributed by atoms with Gasteiger partial charge in [0.15, 0.2) is 0 Å². The Morgan fingerprint density at radius 3 is 2.30 bits per heavy atom. The van der Waals surface area contributed by atoms with Gasteiger partial charge in [0.05, 0.1) is 10.6 Å². The molecule has 1 unspecified atom stereocenters. The van der Waals surface area contributed by atoms with Crippen LogP contribution in [0.15, 0.2) is 18.2 Å². The molecule has 1 aromatic rings. The lowest BCUT2D eigenvalue weighted by atomic mass is 10.0. The van der Waals surface area contributed by atoms with Crippen LogP contribution in [0.2, 0.25) is 5.02 Å². The first-order chi connectivity index (χ1) is 12.6. The molecule has 1 aromatic carbocycles. The van der Waals surface area contributed by atoms with Crippen molar-refractivity contribution in [2.24, 2.45) is 11.8 Å². The Bertz CT molecular complexity index is 674. The number of amides is 3. The third kappa shape index (κ3) is 7.59. The Hall–Kier alpha value is -2.08. The van der Waals surface area contributed by atoms with Gasteiger partial charge in [-0.2, -0.15) is 0 Å². The fourth-order valence-corrected chi connectivity index (χ4v) is 2.74. The third-order valence-corrected chi connectivity index (χ3v) is 4.19. The van der Waals surface area contributed by atoms with Crippen molar-refractivity contribution in [2.75, 3.05) is 11.9 Å². The number of anilines is 1. The summed E-state index contributed by atoms with van der Waals surface area (Å²) in [5, 5.41) is 8.57. The molecule has 0 fully saturated rings. The Morgan fingerprint density at radius 1 is 1.11 bits per heavy atom. The van der Waals surface area contributed by atoms with E-state index in [1.54, 1.807) is 12.1 Å². The highest BCUT2D eigenvalue weighted by atomic mass is 35.5. The quantitative estimate of drug-likeness (QED) is 0.596. The number of benzene rings is 1. The zero-order valence-electron chi connectivity index (χ0n) is 16.7. The van der Waals surface area contributed by atoms with Gasteiger partial charge in [-0.25, -0.2) is 0 Å². The SMILES string of the molecule is CCCNC(=O)c1ccc(NC(=O)C(NC(=O)CC(C)C)C(C)C)cc1Cl. The first-order valence-corrected chi connectivity index (χ1v) is 9.71. The summed E-state index contributed by atoms with van der Waals surface area (Å²) in [5.74, 6) is -0.580. The van der Waals surface area contributed by atoms with E-state index in [0.29, 0.717) is 24.2 Å². The van der Waals surface area contributed by atoms with Crippen LogP contribution in [0.5, 0.6) is 0 Å². The van der Waals surface area contributed by atoms with Gasteiger partial charge in [0.1, 0.15) is 6.04 Å². The molecule has 0 aliphatic heterocycles. The molecule has 0 radical (unpaired) electrons. The molecule has 6 nitrogen and oxygen atoms in total. The smallest absolute Gasteiger partial charge is 0.252 e. The van der Waals surface area contributed by atoms with Gasteiger partial charge >= 0.3 is 0 Å². The third-order valence-electron chi connectivity index (χ3n) is 3.88. The molecule has 0 aliphatic carbocycles. The fraction of sp³-hybridized carbons (Fsp3) is 0.550. The van der Waals surface area contributed by atoms with Crippen LogP contribution in [0.25, 0.3) is 0 Å². The lowest BCUT2D eigenvalue weighted by molar-refractivity contribution is -0.127. The molecule has 1 rings (SSSR count). The zero-order chi connectivity index (χ0) is 20.6. The lowest BCUT2D eigenvalue weighted by Crippen LogP contribution is -2.47. The summed E-state index contributed by atoms with van der Waals surface area (Å²) in [7, 11) is 0. The average Bonchev–Trinajstić information content (AvgIpc) is 2.56. The van der Waals surface area contributed by atoms with Crippen molar-refractivity contribution in [3.05, 3.63) is 28.8 Å². The van der Waals surface area contributed by atoms with E-state index < -0.39 is 6.04 Å². The molecule has 27 heavy (non-hydrogen) atoms. The first kappa shape index (κ1) is 23.0. The molecule has 150 valence electrons. The summed E-state index contributed by atoms with van der Waals surface area (Å²) >= 11 is 6.19. The van der Waals surface area contributed by atoms with E-state index in [1.807, 2.05) is 34.6 Å². The van der Waals surface area contributed by atoms with E-state index in [9.17, 15) is 14.4 Å². The van der Waals surface area contributed by atoms with Crippen LogP contribution in [-0.4, -0.2) is 30.3 Å². The summed E-state index contributed by atoms with van der Waals surface area (Å²) in [5.41, 5.74) is 0.828. The number of carbonyl (C=O) groups is 3. The van der Waals surface area contributed by atoms with Crippen LogP contribution < -0.4 is 16.0 Å². The van der Waals surface area contributed by atoms with E-state index in [2.05, 4.69) is 16.0 Å². The topological polar surface area (TPSA) is 87.3 Å². The maximum Gasteiger partial charge on any atom is 0.252 e. The van der Waals surface area contributed by atoms with Crippen molar-refractivity contribution >= 4 is 35.0 Å². The van der Waals surface area contributed by atoms with Crippen LogP contribution in [0.3, 0.4) is 0 Å². The minimum absolute atomic E-state index is 0.0734. The predicted molar refractivity (Wildman–Crippen MR) is 109 cm³/mol. The molecule has 0 bridgehead atoms. The Kier molecular flexibility index (Phi) is 9.29. The summed E-state index contributed by atoms with van der Waals surface area (Å²) < 4.78 is 0. The molecule has 3 amide bonds. The van der Waals surface area contributed by atoms with Crippen molar-refractivity contribution in [1.29, 1.82) is 0 Å². The van der Waals surface area contributed by atoms with E-state index in [1.165, 1.54) is 6.07 Å². The van der Waals surface area contributed by atoms with Crippen molar-refractivity contribution in [3.8, 4) is 0 Å². The Labute approximate surface area is 166 Å². The van der Waals surface area contributed by atoms with Crippen LogP contribution >= 0.6 is 11.6 Å². The molecular weight excluding hydrogens is 366 g/mol. The largest absolute Gasteiger partial charge is 0.352 e. The molecule has 0 saturated heterocycles. The second-order valence-electron chi connectivity index (χ2n) is 7.33. The van der Waals surface area contributed by atoms with Gasteiger partial charge < -0.3 is 16.0 Å². The fourth-order valence-electron chi connectivity index (χ4n) is 2.47. The second kappa shape index (κ2) is 10.9. The maximum atomic E-state index is 12.6. The molecule has 3 N–H and O–H groups in total. The number of carbonyl (C=O) groups excluding carboxylic acids is 3. The zero-order valence-corrected chi connectivity index (χ0v) is 17.4. The Balaban J connectivity index is 2.82.